The molecule has 0 saturated carbocycles. The molecule has 158 valence electrons. The summed E-state index contributed by atoms with van der Waals surface area (Å²) < 4.78 is 7.38. The fourth-order valence-electron chi connectivity index (χ4n) is 4.42. The summed E-state index contributed by atoms with van der Waals surface area (Å²) in [7, 11) is 1.83. The van der Waals surface area contributed by atoms with Crippen molar-refractivity contribution in [2.45, 2.75) is 39.2 Å². The number of aromatic nitrogens is 4. The maximum absolute atomic E-state index is 11.8. The Balaban J connectivity index is 1.54. The van der Waals surface area contributed by atoms with Crippen LogP contribution in [0.3, 0.4) is 0 Å². The molecule has 0 bridgehead atoms. The number of amides is 1. The second-order valence-corrected chi connectivity index (χ2v) is 8.67. The van der Waals surface area contributed by atoms with E-state index in [0.29, 0.717) is 23.9 Å². The molecule has 0 aromatic carbocycles. The molecule has 2 fully saturated rings. The van der Waals surface area contributed by atoms with Gasteiger partial charge in [0, 0.05) is 43.9 Å². The summed E-state index contributed by atoms with van der Waals surface area (Å²) in [5.74, 6) is 1.21. The van der Waals surface area contributed by atoms with E-state index < -0.39 is 0 Å². The first-order valence-electron chi connectivity index (χ1n) is 10.4. The normalized spacial score (nSPS) is 20.7. The number of nitriles is 1. The minimum Gasteiger partial charge on any atom is -0.446 e. The van der Waals surface area contributed by atoms with Crippen LogP contribution in [-0.2, 0) is 11.8 Å². The Hall–Kier alpha value is -3.15. The molecule has 9 nitrogen and oxygen atoms in total. The molecule has 2 aliphatic rings. The van der Waals surface area contributed by atoms with Gasteiger partial charge >= 0.3 is 6.09 Å². The summed E-state index contributed by atoms with van der Waals surface area (Å²) in [5, 5.41) is 16.5. The van der Waals surface area contributed by atoms with Gasteiger partial charge in [-0.15, -0.1) is 0 Å². The standard InChI is InChI=1S/C21H27N7O2/c1-14(2)8-17-21(13-24-20(29)30-17)4-6-28(7-5-21)18-11-23-16(9-22)19(26-18)15-10-25-27(3)12-15/h10-12,14,17H,4-8,13H2,1-3H3,(H,24,29)/t17-/m1/s1. The first-order chi connectivity index (χ1) is 14.4. The van der Waals surface area contributed by atoms with Gasteiger partial charge in [0.25, 0.3) is 0 Å². The van der Waals surface area contributed by atoms with Crippen molar-refractivity contribution < 1.29 is 9.53 Å². The lowest BCUT2D eigenvalue weighted by atomic mass is 9.70. The molecule has 0 radical (unpaired) electrons. The van der Waals surface area contributed by atoms with Crippen molar-refractivity contribution in [2.75, 3.05) is 24.5 Å². The zero-order chi connectivity index (χ0) is 21.3. The molecule has 4 rings (SSSR count). The number of aryl methyl sites for hydroxylation is 1. The van der Waals surface area contributed by atoms with Crippen molar-refractivity contribution >= 4 is 11.9 Å². The number of cyclic esters (lactones) is 1. The lowest BCUT2D eigenvalue weighted by Gasteiger charge is -2.48. The third-order valence-electron chi connectivity index (χ3n) is 6.13. The Morgan fingerprint density at radius 3 is 2.77 bits per heavy atom. The van der Waals surface area contributed by atoms with E-state index in [-0.39, 0.29) is 17.6 Å². The SMILES string of the molecule is CC(C)C[C@H]1OC(=O)NCC12CCN(c1cnc(C#N)c(-c3cnn(C)c3)n1)CC2. The zero-order valence-corrected chi connectivity index (χ0v) is 17.6. The molecule has 9 heteroatoms. The van der Waals surface area contributed by atoms with Crippen molar-refractivity contribution in [3.05, 3.63) is 24.3 Å². The predicted molar refractivity (Wildman–Crippen MR) is 111 cm³/mol. The molecule has 30 heavy (non-hydrogen) atoms. The lowest BCUT2D eigenvalue weighted by molar-refractivity contribution is -0.0453. The molecule has 1 spiro atoms. The van der Waals surface area contributed by atoms with Crippen molar-refractivity contribution in [1.82, 2.24) is 25.1 Å². The highest BCUT2D eigenvalue weighted by molar-refractivity contribution is 5.68. The van der Waals surface area contributed by atoms with E-state index in [0.717, 1.165) is 43.7 Å². The van der Waals surface area contributed by atoms with E-state index in [2.05, 4.69) is 40.2 Å². The Morgan fingerprint density at radius 1 is 1.37 bits per heavy atom. The van der Waals surface area contributed by atoms with Crippen LogP contribution >= 0.6 is 0 Å². The van der Waals surface area contributed by atoms with Crippen LogP contribution in [0.4, 0.5) is 10.6 Å². The van der Waals surface area contributed by atoms with Crippen LogP contribution in [0.5, 0.6) is 0 Å². The number of anilines is 1. The maximum Gasteiger partial charge on any atom is 0.407 e. The largest absolute Gasteiger partial charge is 0.446 e. The number of hydrogen-bond donors (Lipinski definition) is 1. The van der Waals surface area contributed by atoms with Crippen molar-refractivity contribution in [2.24, 2.45) is 18.4 Å². The Labute approximate surface area is 176 Å². The summed E-state index contributed by atoms with van der Waals surface area (Å²) in [6.07, 6.45) is 7.48. The quantitative estimate of drug-likeness (QED) is 0.826. The van der Waals surface area contributed by atoms with Gasteiger partial charge in [-0.3, -0.25) is 4.68 Å². The molecule has 2 saturated heterocycles. The number of nitrogens with zero attached hydrogens (tertiary/aromatic N) is 6. The molecular formula is C21H27N7O2. The minimum atomic E-state index is -0.312. The van der Waals surface area contributed by atoms with Crippen LogP contribution in [-0.4, -0.2) is 51.6 Å². The van der Waals surface area contributed by atoms with Crippen molar-refractivity contribution in [3.8, 4) is 17.3 Å². The van der Waals surface area contributed by atoms with Crippen LogP contribution < -0.4 is 10.2 Å². The highest BCUT2D eigenvalue weighted by atomic mass is 16.6. The molecule has 0 unspecified atom stereocenters. The summed E-state index contributed by atoms with van der Waals surface area (Å²) in [6.45, 7) is 6.55. The molecule has 2 aromatic rings. The van der Waals surface area contributed by atoms with E-state index in [1.165, 1.54) is 0 Å². The van der Waals surface area contributed by atoms with Gasteiger partial charge in [-0.25, -0.2) is 14.8 Å². The number of nitrogens with one attached hydrogen (secondary N) is 1. The number of piperidine rings is 1. The maximum atomic E-state index is 11.8. The van der Waals surface area contributed by atoms with Crippen LogP contribution in [0.15, 0.2) is 18.6 Å². The summed E-state index contributed by atoms with van der Waals surface area (Å²) in [6, 6.07) is 2.12. The lowest BCUT2D eigenvalue weighted by Crippen LogP contribution is -2.58. The van der Waals surface area contributed by atoms with Gasteiger partial charge < -0.3 is 15.0 Å². The first-order valence-corrected chi connectivity index (χ1v) is 10.4. The topological polar surface area (TPSA) is 109 Å². The number of rotatable bonds is 4. The average molecular weight is 409 g/mol. The van der Waals surface area contributed by atoms with Crippen LogP contribution in [0, 0.1) is 22.7 Å². The van der Waals surface area contributed by atoms with Gasteiger partial charge in [0.1, 0.15) is 23.7 Å². The molecule has 2 aliphatic heterocycles. The van der Waals surface area contributed by atoms with Crippen LogP contribution in [0.25, 0.3) is 11.3 Å². The fraction of sp³-hybridized carbons (Fsp3) is 0.571. The number of ether oxygens (including phenoxy) is 1. The van der Waals surface area contributed by atoms with E-state index in [9.17, 15) is 10.1 Å². The molecule has 1 amide bonds. The second kappa shape index (κ2) is 7.94. The fourth-order valence-corrected chi connectivity index (χ4v) is 4.42. The summed E-state index contributed by atoms with van der Waals surface area (Å²) in [5.41, 5.74) is 1.56. The summed E-state index contributed by atoms with van der Waals surface area (Å²) >= 11 is 0. The Bertz CT molecular complexity index is 970. The van der Waals surface area contributed by atoms with Crippen LogP contribution in [0.1, 0.15) is 38.8 Å². The van der Waals surface area contributed by atoms with Gasteiger partial charge in [0.05, 0.1) is 12.4 Å². The van der Waals surface area contributed by atoms with Crippen molar-refractivity contribution in [3.63, 3.8) is 0 Å². The molecule has 1 N–H and O–H groups in total. The average Bonchev–Trinajstić information content (AvgIpc) is 3.17. The number of hydrogen-bond acceptors (Lipinski definition) is 7. The number of alkyl carbamates (subject to hydrolysis) is 1. The Morgan fingerprint density at radius 2 is 2.13 bits per heavy atom. The molecule has 0 aliphatic carbocycles. The highest BCUT2D eigenvalue weighted by Gasteiger charge is 2.47. The van der Waals surface area contributed by atoms with Crippen molar-refractivity contribution in [1.29, 1.82) is 5.26 Å². The Kier molecular flexibility index (Phi) is 5.33. The second-order valence-electron chi connectivity index (χ2n) is 8.67. The van der Waals surface area contributed by atoms with Gasteiger partial charge in [-0.05, 0) is 25.2 Å². The number of carbonyl (C=O) groups is 1. The summed E-state index contributed by atoms with van der Waals surface area (Å²) in [4.78, 5) is 23.1. The smallest absolute Gasteiger partial charge is 0.407 e. The molecular weight excluding hydrogens is 382 g/mol. The molecule has 1 atom stereocenters. The monoisotopic (exact) mass is 409 g/mol. The van der Waals surface area contributed by atoms with Gasteiger partial charge in [-0.1, -0.05) is 13.8 Å². The molecule has 2 aromatic heterocycles. The van der Waals surface area contributed by atoms with Gasteiger partial charge in [0.2, 0.25) is 0 Å². The van der Waals surface area contributed by atoms with E-state index >= 15 is 0 Å². The van der Waals surface area contributed by atoms with Gasteiger partial charge in [-0.2, -0.15) is 10.4 Å². The van der Waals surface area contributed by atoms with Crippen LogP contribution in [0.2, 0.25) is 0 Å². The third-order valence-corrected chi connectivity index (χ3v) is 6.13. The third kappa shape index (κ3) is 3.82. The number of carbonyl (C=O) groups excluding carboxylic acids is 1. The van der Waals surface area contributed by atoms with E-state index in [4.69, 9.17) is 9.72 Å². The van der Waals surface area contributed by atoms with Gasteiger partial charge in [0.15, 0.2) is 5.69 Å². The van der Waals surface area contributed by atoms with E-state index in [1.807, 2.05) is 13.2 Å². The van der Waals surface area contributed by atoms with E-state index in [1.54, 1.807) is 17.1 Å². The molecule has 4 heterocycles. The minimum absolute atomic E-state index is 0.0547. The predicted octanol–water partition coefficient (Wildman–Crippen LogP) is 2.49. The zero-order valence-electron chi connectivity index (χ0n) is 17.6. The highest BCUT2D eigenvalue weighted by Crippen LogP contribution is 2.41. The first kappa shape index (κ1) is 20.1.